The van der Waals surface area contributed by atoms with Crippen LogP contribution in [-0.4, -0.2) is 32.8 Å². The molecular weight excluding hydrogens is 961 g/mol. The predicted molar refractivity (Wildman–Crippen MR) is 245 cm³/mol. The van der Waals surface area contributed by atoms with E-state index in [1.807, 2.05) is 60.9 Å². The summed E-state index contributed by atoms with van der Waals surface area (Å²) in [5, 5.41) is 2.14. The van der Waals surface area contributed by atoms with Gasteiger partial charge in [0.15, 0.2) is 0 Å². The van der Waals surface area contributed by atoms with Crippen molar-refractivity contribution in [2.45, 2.75) is 63.7 Å². The molecule has 4 heterocycles. The second kappa shape index (κ2) is 17.2. The molecule has 1 radical (unpaired) electrons. The van der Waals surface area contributed by atoms with Gasteiger partial charge in [0.05, 0.1) is 28.6 Å². The van der Waals surface area contributed by atoms with Crippen LogP contribution in [0, 0.1) is 18.1 Å². The van der Waals surface area contributed by atoms with Crippen molar-refractivity contribution in [3.63, 3.8) is 0 Å². The Morgan fingerprint density at radius 1 is 0.746 bits per heavy atom. The number of nitrogens with zero attached hydrogens (tertiary/aromatic N) is 4. The van der Waals surface area contributed by atoms with Crippen molar-refractivity contribution < 1.29 is 24.5 Å². The number of aromatic nitrogens is 4. The fourth-order valence-electron chi connectivity index (χ4n) is 7.77. The fourth-order valence-corrected chi connectivity index (χ4v) is 11.1. The van der Waals surface area contributed by atoms with Crippen molar-refractivity contribution >= 4 is 50.6 Å². The molecule has 0 aliphatic heterocycles. The molecule has 7 heteroatoms. The number of pyridine rings is 2. The molecule has 0 aliphatic carbocycles. The minimum Gasteiger partial charge on any atom is 0 e. The van der Waals surface area contributed by atoms with Gasteiger partial charge in [-0.1, -0.05) is 92.4 Å². The molecule has 0 amide bonds. The van der Waals surface area contributed by atoms with Crippen LogP contribution in [0.2, 0.25) is 17.3 Å². The maximum atomic E-state index is 6.40. The number of fused-ring (bicyclic) bond motifs is 4. The van der Waals surface area contributed by atoms with Crippen molar-refractivity contribution in [1.29, 1.82) is 0 Å². The van der Waals surface area contributed by atoms with E-state index in [2.05, 4.69) is 153 Å². The van der Waals surface area contributed by atoms with Gasteiger partial charge in [0.2, 0.25) is 0 Å². The summed E-state index contributed by atoms with van der Waals surface area (Å²) in [5.41, 5.74) is 12.4. The van der Waals surface area contributed by atoms with E-state index in [4.69, 9.17) is 14.4 Å². The molecule has 59 heavy (non-hydrogen) atoms. The zero-order chi connectivity index (χ0) is 40.6. The Morgan fingerprint density at radius 3 is 2.15 bits per heavy atom. The summed E-state index contributed by atoms with van der Waals surface area (Å²) < 4.78 is 10.2. The number of hydrogen-bond donors (Lipinski definition) is 0. The summed E-state index contributed by atoms with van der Waals surface area (Å²) in [6, 6.07) is 48.4. The Balaban J connectivity index is 0.000000214. The summed E-state index contributed by atoms with van der Waals surface area (Å²) in [6.45, 7) is 11.2. The summed E-state index contributed by atoms with van der Waals surface area (Å²) in [4.78, 5) is 14.4. The fraction of sp³-hybridized carbons (Fsp3) is 0.212. The van der Waals surface area contributed by atoms with Crippen molar-refractivity contribution in [3.05, 3.63) is 163 Å². The topological polar surface area (TPSA) is 56.7 Å². The standard InChI is InChI=1S/C34H26N3O.C18H24GeN.Ir/c1-34(2,3)28-20-35-21-29-31(28)37(24-18-16-23(17-19-24)22-10-5-4-6-11-22)33(36-29)27-14-9-13-26-25-12-7-8-15-30(25)38-32(26)27;1-14(2)11-16-12-18(15-9-7-6-8-10-15)20-13-17(16)19(3,4)5;/h4-13,15-21H,1-3H3;6-9,12-14H,11H2,1-5H3;/q2*-1;. The molecule has 9 rings (SSSR count). The second-order valence-electron chi connectivity index (χ2n) is 17.5. The molecule has 0 saturated heterocycles. The third kappa shape index (κ3) is 8.77. The Kier molecular flexibility index (Phi) is 12.3. The quantitative estimate of drug-likeness (QED) is 0.118. The summed E-state index contributed by atoms with van der Waals surface area (Å²) in [6.07, 6.45) is 7.09. The average Bonchev–Trinajstić information content (AvgIpc) is 3.80. The van der Waals surface area contributed by atoms with E-state index in [0.717, 1.165) is 73.3 Å². The SMILES string of the molecule is CC(C)(C)c1cncc2nc(-c3[c-]ccc4c3oc3ccccc34)n(-c3ccc(-c4ccccc4)cc3)c12.CC(C)Cc1cc(-c2[c-]cccc2)nc[c]1[Ge]([CH3])([CH3])[CH3].[Ir]. The van der Waals surface area contributed by atoms with Crippen molar-refractivity contribution in [2.24, 2.45) is 5.92 Å². The van der Waals surface area contributed by atoms with Crippen molar-refractivity contribution in [3.8, 4) is 39.5 Å². The first kappa shape index (κ1) is 42.0. The van der Waals surface area contributed by atoms with Gasteiger partial charge in [-0.25, -0.2) is 0 Å². The number of hydrogen-bond acceptors (Lipinski definition) is 4. The first-order valence-corrected chi connectivity index (χ1v) is 27.5. The molecule has 0 fully saturated rings. The van der Waals surface area contributed by atoms with Crippen LogP contribution < -0.4 is 4.40 Å². The number of imidazole rings is 1. The largest absolute Gasteiger partial charge is 0 e. The van der Waals surface area contributed by atoms with E-state index < -0.39 is 13.3 Å². The Hall–Kier alpha value is -5.14. The van der Waals surface area contributed by atoms with E-state index >= 15 is 0 Å². The van der Waals surface area contributed by atoms with E-state index in [1.54, 1.807) is 4.40 Å². The zero-order valence-electron chi connectivity index (χ0n) is 35.1. The molecule has 0 bridgehead atoms. The molecule has 0 unspecified atom stereocenters. The molecule has 5 aromatic carbocycles. The minimum atomic E-state index is -1.86. The zero-order valence-corrected chi connectivity index (χ0v) is 39.6. The molecule has 0 atom stereocenters. The molecule has 5 nitrogen and oxygen atoms in total. The summed E-state index contributed by atoms with van der Waals surface area (Å²) in [7, 11) is 0. The van der Waals surface area contributed by atoms with E-state index in [-0.39, 0.29) is 25.5 Å². The van der Waals surface area contributed by atoms with Gasteiger partial charge in [0.25, 0.3) is 0 Å². The van der Waals surface area contributed by atoms with Gasteiger partial charge in [-0.15, -0.1) is 18.2 Å². The van der Waals surface area contributed by atoms with Gasteiger partial charge in [-0.3, -0.25) is 9.97 Å². The van der Waals surface area contributed by atoms with Gasteiger partial charge in [-0.2, -0.15) is 0 Å². The maximum absolute atomic E-state index is 6.40. The van der Waals surface area contributed by atoms with E-state index in [0.29, 0.717) is 5.92 Å². The van der Waals surface area contributed by atoms with Gasteiger partial charge >= 0.3 is 126 Å². The number of benzene rings is 5. The second-order valence-corrected chi connectivity index (χ2v) is 28.1. The van der Waals surface area contributed by atoms with Crippen LogP contribution in [0.3, 0.4) is 0 Å². The van der Waals surface area contributed by atoms with Crippen LogP contribution in [0.4, 0.5) is 0 Å². The first-order valence-electron chi connectivity index (χ1n) is 20.2. The van der Waals surface area contributed by atoms with Crippen LogP contribution in [0.25, 0.3) is 72.4 Å². The third-order valence-corrected chi connectivity index (χ3v) is 14.9. The van der Waals surface area contributed by atoms with Crippen LogP contribution in [0.15, 0.2) is 144 Å². The smallest absolute Gasteiger partial charge is 0 e. The first-order chi connectivity index (χ1) is 27.9. The normalized spacial score (nSPS) is 11.8. The van der Waals surface area contributed by atoms with Crippen LogP contribution in [0.5, 0.6) is 0 Å². The Morgan fingerprint density at radius 2 is 1.46 bits per heavy atom. The molecule has 9 aromatic rings. The molecule has 0 N–H and O–H groups in total. The average molecular weight is 1010 g/mol. The number of furan rings is 1. The molecule has 299 valence electrons. The van der Waals surface area contributed by atoms with Crippen LogP contribution in [-0.2, 0) is 31.9 Å². The van der Waals surface area contributed by atoms with E-state index in [1.165, 1.54) is 16.7 Å². The van der Waals surface area contributed by atoms with Gasteiger partial charge < -0.3 is 8.98 Å². The number of rotatable bonds is 7. The van der Waals surface area contributed by atoms with Gasteiger partial charge in [0, 0.05) is 42.9 Å². The van der Waals surface area contributed by atoms with Crippen molar-refractivity contribution in [2.75, 3.05) is 0 Å². The molecule has 0 saturated carbocycles. The third-order valence-electron chi connectivity index (χ3n) is 10.6. The van der Waals surface area contributed by atoms with Crippen LogP contribution in [0.1, 0.15) is 45.7 Å². The molecular formula is C52H50GeIrN4O-2. The monoisotopic (exact) mass is 1010 g/mol. The van der Waals surface area contributed by atoms with Crippen LogP contribution >= 0.6 is 0 Å². The molecule has 0 spiro atoms. The number of para-hydroxylation sites is 1. The van der Waals surface area contributed by atoms with Gasteiger partial charge in [-0.05, 0) is 34.7 Å². The molecule has 4 aromatic heterocycles. The van der Waals surface area contributed by atoms with E-state index in [9.17, 15) is 0 Å². The summed E-state index contributed by atoms with van der Waals surface area (Å²) in [5.74, 6) is 8.78. The predicted octanol–water partition coefficient (Wildman–Crippen LogP) is 13.0. The van der Waals surface area contributed by atoms with Gasteiger partial charge in [0.1, 0.15) is 5.58 Å². The minimum absolute atomic E-state index is 0. The summed E-state index contributed by atoms with van der Waals surface area (Å²) >= 11 is -1.86. The van der Waals surface area contributed by atoms with Crippen molar-refractivity contribution in [1.82, 2.24) is 19.5 Å². The Labute approximate surface area is 364 Å². The molecule has 0 aliphatic rings. The maximum Gasteiger partial charge on any atom is 0 e. The Bertz CT molecular complexity index is 2850.